The maximum atomic E-state index is 12.3. The Morgan fingerprint density at radius 2 is 1.90 bits per heavy atom. The normalized spacial score (nSPS) is 38.2. The van der Waals surface area contributed by atoms with Gasteiger partial charge in [-0.25, -0.2) is 9.69 Å². The Bertz CT molecular complexity index is 467. The van der Waals surface area contributed by atoms with Crippen LogP contribution in [0, 0.1) is 5.92 Å². The number of piperidine rings is 1. The van der Waals surface area contributed by atoms with Crippen molar-refractivity contribution in [1.82, 2.24) is 4.90 Å². The number of amides is 2. The third-order valence-corrected chi connectivity index (χ3v) is 3.91. The molecule has 1 saturated carbocycles. The van der Waals surface area contributed by atoms with Gasteiger partial charge in [0.25, 0.3) is 0 Å². The van der Waals surface area contributed by atoms with E-state index in [1.54, 1.807) is 20.8 Å². The third kappa shape index (κ3) is 2.02. The second-order valence-electron chi connectivity index (χ2n) is 7.16. The molecule has 6 heteroatoms. The van der Waals surface area contributed by atoms with Crippen LogP contribution in [0.3, 0.4) is 0 Å². The van der Waals surface area contributed by atoms with Crippen molar-refractivity contribution in [1.29, 1.82) is 0 Å². The SMILES string of the molecule is CC(C)(C)OC(=O)N1C(=O)[C@@H]2C[C@H]1[C@H]1OC(C)(C)O[C@H]12. The number of rotatable bonds is 0. The average Bonchev–Trinajstić information content (AvgIpc) is 2.81. The van der Waals surface area contributed by atoms with Crippen LogP contribution in [0.25, 0.3) is 0 Å². The van der Waals surface area contributed by atoms with Crippen LogP contribution in [0.1, 0.15) is 41.0 Å². The zero-order valence-corrected chi connectivity index (χ0v) is 12.5. The van der Waals surface area contributed by atoms with Crippen LogP contribution in [0.2, 0.25) is 0 Å². The molecule has 0 unspecified atom stereocenters. The Kier molecular flexibility index (Phi) is 2.73. The minimum atomic E-state index is -0.698. The summed E-state index contributed by atoms with van der Waals surface area (Å²) >= 11 is 0. The Morgan fingerprint density at radius 3 is 2.50 bits per heavy atom. The number of carbonyl (C=O) groups excluding carboxylic acids is 2. The van der Waals surface area contributed by atoms with Crippen LogP contribution >= 0.6 is 0 Å². The Labute approximate surface area is 118 Å². The maximum absolute atomic E-state index is 12.3. The average molecular weight is 283 g/mol. The van der Waals surface area contributed by atoms with Crippen LogP contribution in [0.15, 0.2) is 0 Å². The third-order valence-electron chi connectivity index (χ3n) is 3.91. The topological polar surface area (TPSA) is 65.1 Å². The number of hydrogen-bond donors (Lipinski definition) is 0. The summed E-state index contributed by atoms with van der Waals surface area (Å²) in [5.41, 5.74) is -0.620. The Morgan fingerprint density at radius 1 is 1.30 bits per heavy atom. The van der Waals surface area contributed by atoms with E-state index in [-0.39, 0.29) is 30.1 Å². The van der Waals surface area contributed by atoms with Gasteiger partial charge in [-0.05, 0) is 41.0 Å². The first kappa shape index (κ1) is 13.8. The highest BCUT2D eigenvalue weighted by atomic mass is 16.8. The first-order valence-corrected chi connectivity index (χ1v) is 7.01. The fourth-order valence-electron chi connectivity index (χ4n) is 3.33. The lowest BCUT2D eigenvalue weighted by Crippen LogP contribution is -2.53. The van der Waals surface area contributed by atoms with Crippen LogP contribution in [0.4, 0.5) is 4.79 Å². The molecular weight excluding hydrogens is 262 g/mol. The second-order valence-corrected chi connectivity index (χ2v) is 7.16. The van der Waals surface area contributed by atoms with Crippen molar-refractivity contribution in [2.75, 3.05) is 0 Å². The molecular formula is C14H21NO5. The van der Waals surface area contributed by atoms with Gasteiger partial charge in [0.1, 0.15) is 17.8 Å². The molecule has 2 saturated heterocycles. The van der Waals surface area contributed by atoms with Gasteiger partial charge in [0.15, 0.2) is 5.79 Å². The van der Waals surface area contributed by atoms with Crippen molar-refractivity contribution >= 4 is 12.0 Å². The summed E-state index contributed by atoms with van der Waals surface area (Å²) in [6, 6.07) is -0.269. The van der Waals surface area contributed by atoms with Crippen LogP contribution in [-0.4, -0.2) is 46.5 Å². The lowest BCUT2D eigenvalue weighted by Gasteiger charge is -2.32. The van der Waals surface area contributed by atoms with Gasteiger partial charge in [-0.15, -0.1) is 0 Å². The van der Waals surface area contributed by atoms with E-state index < -0.39 is 17.5 Å². The second kappa shape index (κ2) is 3.95. The number of hydrogen-bond acceptors (Lipinski definition) is 5. The van der Waals surface area contributed by atoms with Gasteiger partial charge >= 0.3 is 6.09 Å². The van der Waals surface area contributed by atoms with Crippen molar-refractivity contribution < 1.29 is 23.8 Å². The van der Waals surface area contributed by atoms with E-state index in [1.807, 2.05) is 13.8 Å². The minimum absolute atomic E-state index is 0.202. The number of nitrogens with zero attached hydrogens (tertiary/aromatic N) is 1. The molecule has 2 bridgehead atoms. The summed E-state index contributed by atoms with van der Waals surface area (Å²) in [4.78, 5) is 25.8. The Hall–Kier alpha value is -1.14. The molecule has 20 heavy (non-hydrogen) atoms. The smallest absolute Gasteiger partial charge is 0.417 e. The standard InChI is InChI=1S/C14H21NO5/c1-13(2,3)20-12(17)15-8-6-7(11(15)16)9-10(8)19-14(4,5)18-9/h7-10H,6H2,1-5H3/t7-,8+,9+,10-/m1/s1. The van der Waals surface area contributed by atoms with E-state index in [0.717, 1.165) is 0 Å². The largest absolute Gasteiger partial charge is 0.443 e. The molecule has 6 nitrogen and oxygen atoms in total. The highest BCUT2D eigenvalue weighted by Gasteiger charge is 2.65. The van der Waals surface area contributed by atoms with Crippen molar-refractivity contribution in [3.05, 3.63) is 0 Å². The number of fused-ring (bicyclic) bond motifs is 5. The van der Waals surface area contributed by atoms with Gasteiger partial charge in [0.05, 0.1) is 12.0 Å². The fraction of sp³-hybridized carbons (Fsp3) is 0.857. The summed E-state index contributed by atoms with van der Waals surface area (Å²) in [5, 5.41) is 0. The lowest BCUT2D eigenvalue weighted by atomic mass is 10.0. The van der Waals surface area contributed by atoms with Gasteiger partial charge in [-0.1, -0.05) is 0 Å². The van der Waals surface area contributed by atoms with E-state index in [9.17, 15) is 9.59 Å². The molecule has 0 aromatic carbocycles. The van der Waals surface area contributed by atoms with Crippen LogP contribution in [0.5, 0.6) is 0 Å². The summed E-state index contributed by atoms with van der Waals surface area (Å²) in [5.74, 6) is -1.19. The van der Waals surface area contributed by atoms with Gasteiger partial charge in [0, 0.05) is 0 Å². The highest BCUT2D eigenvalue weighted by Crippen LogP contribution is 2.49. The molecule has 0 aromatic rings. The highest BCUT2D eigenvalue weighted by molar-refractivity contribution is 5.97. The number of carbonyl (C=O) groups is 2. The molecule has 3 fully saturated rings. The molecule has 0 radical (unpaired) electrons. The number of likely N-dealkylation sites (tertiary alicyclic amines) is 1. The Balaban J connectivity index is 1.80. The van der Waals surface area contributed by atoms with E-state index in [2.05, 4.69) is 0 Å². The quantitative estimate of drug-likeness (QED) is 0.676. The molecule has 2 heterocycles. The molecule has 0 aromatic heterocycles. The summed E-state index contributed by atoms with van der Waals surface area (Å²) in [6.07, 6.45) is -0.452. The van der Waals surface area contributed by atoms with E-state index in [1.165, 1.54) is 4.90 Å². The van der Waals surface area contributed by atoms with Crippen LogP contribution in [-0.2, 0) is 19.0 Å². The minimum Gasteiger partial charge on any atom is -0.443 e. The van der Waals surface area contributed by atoms with Gasteiger partial charge in [0.2, 0.25) is 5.91 Å². The molecule has 4 atom stereocenters. The number of imide groups is 1. The van der Waals surface area contributed by atoms with E-state index in [4.69, 9.17) is 14.2 Å². The predicted molar refractivity (Wildman–Crippen MR) is 68.8 cm³/mol. The van der Waals surface area contributed by atoms with Crippen LogP contribution < -0.4 is 0 Å². The summed E-state index contributed by atoms with van der Waals surface area (Å²) in [7, 11) is 0. The predicted octanol–water partition coefficient (Wildman–Crippen LogP) is 1.67. The zero-order chi connectivity index (χ0) is 14.9. The number of ether oxygens (including phenoxy) is 3. The molecule has 3 rings (SSSR count). The monoisotopic (exact) mass is 283 g/mol. The maximum Gasteiger partial charge on any atom is 0.417 e. The van der Waals surface area contributed by atoms with Gasteiger partial charge in [-0.3, -0.25) is 4.79 Å². The molecule has 0 spiro atoms. The first-order chi connectivity index (χ1) is 9.09. The van der Waals surface area contributed by atoms with E-state index in [0.29, 0.717) is 6.42 Å². The molecule has 2 aliphatic heterocycles. The molecule has 3 aliphatic rings. The van der Waals surface area contributed by atoms with Crippen molar-refractivity contribution in [2.24, 2.45) is 5.92 Å². The summed E-state index contributed by atoms with van der Waals surface area (Å²) in [6.45, 7) is 9.00. The summed E-state index contributed by atoms with van der Waals surface area (Å²) < 4.78 is 16.9. The molecule has 2 amide bonds. The molecule has 0 N–H and O–H groups in total. The van der Waals surface area contributed by atoms with E-state index >= 15 is 0 Å². The van der Waals surface area contributed by atoms with Crippen molar-refractivity contribution in [3.63, 3.8) is 0 Å². The van der Waals surface area contributed by atoms with Gasteiger partial charge < -0.3 is 14.2 Å². The first-order valence-electron chi connectivity index (χ1n) is 7.01. The molecule has 1 aliphatic carbocycles. The zero-order valence-electron chi connectivity index (χ0n) is 12.5. The molecule has 112 valence electrons. The van der Waals surface area contributed by atoms with Crippen molar-refractivity contribution in [2.45, 2.75) is 70.7 Å². The lowest BCUT2D eigenvalue weighted by molar-refractivity contribution is -0.156. The van der Waals surface area contributed by atoms with Gasteiger partial charge in [-0.2, -0.15) is 0 Å². The van der Waals surface area contributed by atoms with Crippen molar-refractivity contribution in [3.8, 4) is 0 Å². The fourth-order valence-corrected chi connectivity index (χ4v) is 3.33.